The van der Waals surface area contributed by atoms with Gasteiger partial charge in [-0.15, -0.1) is 0 Å². The number of benzene rings is 2. The second-order valence-electron chi connectivity index (χ2n) is 3.93. The lowest BCUT2D eigenvalue weighted by Crippen LogP contribution is -2.00. The monoisotopic (exact) mass is 340 g/mol. The molecule has 0 aromatic heterocycles. The van der Waals surface area contributed by atoms with Crippen molar-refractivity contribution < 1.29 is 14.1 Å². The minimum Gasteiger partial charge on any atom is -0.457 e. The van der Waals surface area contributed by atoms with Crippen LogP contribution >= 0.6 is 15.9 Å². The molecule has 0 aliphatic carbocycles. The van der Waals surface area contributed by atoms with Crippen molar-refractivity contribution >= 4 is 21.6 Å². The Balaban J connectivity index is 2.33. The molecule has 0 atom stereocenters. The summed E-state index contributed by atoms with van der Waals surface area (Å²) in [6, 6.07) is 8.65. The van der Waals surface area contributed by atoms with Gasteiger partial charge in [-0.1, -0.05) is 22.0 Å². The largest absolute Gasteiger partial charge is 0.457 e. The number of ether oxygens (including phenoxy) is 1. The number of hydrogen-bond acceptors (Lipinski definition) is 4. The summed E-state index contributed by atoms with van der Waals surface area (Å²) < 4.78 is 19.8. The Labute approximate surface area is 122 Å². The topological polar surface area (TPSA) is 78.4 Å². The molecule has 0 fully saturated rings. The first-order valence-electron chi connectivity index (χ1n) is 5.61. The second-order valence-corrected chi connectivity index (χ2v) is 4.84. The first-order valence-corrected chi connectivity index (χ1v) is 6.41. The van der Waals surface area contributed by atoms with E-state index < -0.39 is 16.4 Å². The van der Waals surface area contributed by atoms with Gasteiger partial charge in [0.25, 0.3) is 0 Å². The maximum Gasteiger partial charge on any atom is 0.305 e. The van der Waals surface area contributed by atoms with Gasteiger partial charge in [0.05, 0.1) is 4.92 Å². The van der Waals surface area contributed by atoms with Crippen molar-refractivity contribution in [3.05, 3.63) is 62.4 Å². The molecule has 0 aliphatic heterocycles. The number of rotatable bonds is 4. The van der Waals surface area contributed by atoms with Gasteiger partial charge in [-0.05, 0) is 18.2 Å². The van der Waals surface area contributed by atoms with Crippen molar-refractivity contribution in [2.75, 3.05) is 0 Å². The molecule has 0 saturated carbocycles. The van der Waals surface area contributed by atoms with Crippen LogP contribution in [0.3, 0.4) is 0 Å². The third kappa shape index (κ3) is 3.12. The molecule has 0 spiro atoms. The fraction of sp³-hybridized carbons (Fsp3) is 0.0769. The SMILES string of the molecule is NCc1ccc(Br)cc1Oc1ccc([N+](=O)[O-])c(F)c1. The van der Waals surface area contributed by atoms with Crippen LogP contribution in [0.1, 0.15) is 5.56 Å². The maximum atomic E-state index is 13.5. The van der Waals surface area contributed by atoms with E-state index in [1.807, 2.05) is 6.07 Å². The Hall–Kier alpha value is -1.99. The summed E-state index contributed by atoms with van der Waals surface area (Å²) in [6.07, 6.45) is 0. The maximum absolute atomic E-state index is 13.5. The Bertz CT molecular complexity index is 664. The first-order chi connectivity index (χ1) is 9.51. The van der Waals surface area contributed by atoms with Crippen molar-refractivity contribution in [3.63, 3.8) is 0 Å². The molecular formula is C13H10BrFN2O3. The van der Waals surface area contributed by atoms with E-state index in [4.69, 9.17) is 10.5 Å². The van der Waals surface area contributed by atoms with Crippen molar-refractivity contribution in [2.45, 2.75) is 6.54 Å². The summed E-state index contributed by atoms with van der Waals surface area (Å²) in [6.45, 7) is 0.262. The fourth-order valence-electron chi connectivity index (χ4n) is 1.62. The van der Waals surface area contributed by atoms with E-state index in [-0.39, 0.29) is 12.3 Å². The quantitative estimate of drug-likeness (QED) is 0.679. The summed E-state index contributed by atoms with van der Waals surface area (Å²) >= 11 is 3.30. The normalized spacial score (nSPS) is 10.3. The van der Waals surface area contributed by atoms with E-state index in [1.54, 1.807) is 12.1 Å². The Morgan fingerprint density at radius 2 is 2.05 bits per heavy atom. The van der Waals surface area contributed by atoms with Crippen molar-refractivity contribution in [2.24, 2.45) is 5.73 Å². The first kappa shape index (κ1) is 14.4. The number of nitrogens with two attached hydrogens (primary N) is 1. The third-order valence-corrected chi connectivity index (χ3v) is 3.09. The van der Waals surface area contributed by atoms with E-state index in [0.29, 0.717) is 5.75 Å². The fourth-order valence-corrected chi connectivity index (χ4v) is 1.96. The van der Waals surface area contributed by atoms with Gasteiger partial charge in [0.15, 0.2) is 0 Å². The van der Waals surface area contributed by atoms with Crippen molar-refractivity contribution in [1.29, 1.82) is 0 Å². The van der Waals surface area contributed by atoms with Gasteiger partial charge in [-0.25, -0.2) is 0 Å². The van der Waals surface area contributed by atoms with E-state index in [2.05, 4.69) is 15.9 Å². The highest BCUT2D eigenvalue weighted by Crippen LogP contribution is 2.30. The number of halogens is 2. The molecule has 0 saturated heterocycles. The Kier molecular flexibility index (Phi) is 4.31. The van der Waals surface area contributed by atoms with E-state index >= 15 is 0 Å². The second kappa shape index (κ2) is 5.98. The summed E-state index contributed by atoms with van der Waals surface area (Å²) in [5.74, 6) is -0.312. The van der Waals surface area contributed by atoms with Crippen molar-refractivity contribution in [3.8, 4) is 11.5 Å². The smallest absolute Gasteiger partial charge is 0.305 e. The molecule has 7 heteroatoms. The molecule has 2 rings (SSSR count). The lowest BCUT2D eigenvalue weighted by atomic mass is 10.2. The molecule has 2 aromatic rings. The van der Waals surface area contributed by atoms with Crippen LogP contribution in [0.2, 0.25) is 0 Å². The van der Waals surface area contributed by atoms with Gasteiger partial charge in [0.1, 0.15) is 11.5 Å². The molecule has 0 bridgehead atoms. The number of nitro benzene ring substituents is 1. The minimum absolute atomic E-state index is 0.168. The molecule has 20 heavy (non-hydrogen) atoms. The van der Waals surface area contributed by atoms with E-state index in [0.717, 1.165) is 22.2 Å². The highest BCUT2D eigenvalue weighted by atomic mass is 79.9. The molecule has 5 nitrogen and oxygen atoms in total. The van der Waals surface area contributed by atoms with E-state index in [1.165, 1.54) is 6.07 Å². The zero-order chi connectivity index (χ0) is 14.7. The van der Waals surface area contributed by atoms with Crippen LogP contribution in [0.15, 0.2) is 40.9 Å². The number of nitrogens with zero attached hydrogens (tertiary/aromatic N) is 1. The van der Waals surface area contributed by atoms with Crippen LogP contribution in [-0.4, -0.2) is 4.92 Å². The minimum atomic E-state index is -0.947. The van der Waals surface area contributed by atoms with Crippen molar-refractivity contribution in [1.82, 2.24) is 0 Å². The van der Waals surface area contributed by atoms with Gasteiger partial charge in [-0.3, -0.25) is 10.1 Å². The molecule has 0 radical (unpaired) electrons. The number of nitro groups is 1. The molecule has 2 aromatic carbocycles. The molecule has 0 aliphatic rings. The summed E-state index contributed by atoms with van der Waals surface area (Å²) in [4.78, 5) is 9.75. The molecular weight excluding hydrogens is 331 g/mol. The lowest BCUT2D eigenvalue weighted by Gasteiger charge is -2.10. The van der Waals surface area contributed by atoms with Crippen LogP contribution < -0.4 is 10.5 Å². The third-order valence-electron chi connectivity index (χ3n) is 2.59. The molecule has 104 valence electrons. The summed E-state index contributed by atoms with van der Waals surface area (Å²) in [5.41, 5.74) is 5.74. The highest BCUT2D eigenvalue weighted by Gasteiger charge is 2.15. The van der Waals surface area contributed by atoms with Crippen LogP contribution in [-0.2, 0) is 6.54 Å². The zero-order valence-corrected chi connectivity index (χ0v) is 11.8. The van der Waals surface area contributed by atoms with Gasteiger partial charge in [0.2, 0.25) is 5.82 Å². The molecule has 0 unspecified atom stereocenters. The van der Waals surface area contributed by atoms with Crippen LogP contribution in [0.5, 0.6) is 11.5 Å². The Morgan fingerprint density at radius 3 is 2.65 bits per heavy atom. The van der Waals surface area contributed by atoms with Gasteiger partial charge in [0, 0.05) is 28.7 Å². The van der Waals surface area contributed by atoms with Crippen LogP contribution in [0.25, 0.3) is 0 Å². The lowest BCUT2D eigenvalue weighted by molar-refractivity contribution is -0.387. The van der Waals surface area contributed by atoms with E-state index in [9.17, 15) is 14.5 Å². The Morgan fingerprint density at radius 1 is 1.30 bits per heavy atom. The zero-order valence-electron chi connectivity index (χ0n) is 10.2. The average Bonchev–Trinajstić information content (AvgIpc) is 2.38. The van der Waals surface area contributed by atoms with Gasteiger partial charge in [-0.2, -0.15) is 4.39 Å². The van der Waals surface area contributed by atoms with Crippen LogP contribution in [0, 0.1) is 15.9 Å². The molecule has 0 amide bonds. The highest BCUT2D eigenvalue weighted by molar-refractivity contribution is 9.10. The van der Waals surface area contributed by atoms with Gasteiger partial charge >= 0.3 is 5.69 Å². The standard InChI is InChI=1S/C13H10BrFN2O3/c14-9-2-1-8(7-16)13(5-9)20-10-3-4-12(17(18)19)11(15)6-10/h1-6H,7,16H2. The summed E-state index contributed by atoms with van der Waals surface area (Å²) in [7, 11) is 0. The predicted molar refractivity (Wildman–Crippen MR) is 75.2 cm³/mol. The summed E-state index contributed by atoms with van der Waals surface area (Å²) in [5, 5.41) is 10.5. The number of hydrogen-bond donors (Lipinski definition) is 1. The molecule has 2 N–H and O–H groups in total. The van der Waals surface area contributed by atoms with Crippen LogP contribution in [0.4, 0.5) is 10.1 Å². The molecule has 0 heterocycles. The van der Waals surface area contributed by atoms with Gasteiger partial charge < -0.3 is 10.5 Å². The predicted octanol–water partition coefficient (Wildman–Crippen LogP) is 3.75. The average molecular weight is 341 g/mol.